The van der Waals surface area contributed by atoms with Crippen molar-refractivity contribution < 1.29 is 9.21 Å². The van der Waals surface area contributed by atoms with Crippen molar-refractivity contribution in [1.29, 1.82) is 0 Å². The molecule has 4 nitrogen and oxygen atoms in total. The van der Waals surface area contributed by atoms with Crippen molar-refractivity contribution in [2.75, 3.05) is 5.32 Å². The summed E-state index contributed by atoms with van der Waals surface area (Å²) in [5.41, 5.74) is 3.38. The van der Waals surface area contributed by atoms with E-state index >= 15 is 0 Å². The van der Waals surface area contributed by atoms with Crippen molar-refractivity contribution in [2.24, 2.45) is 0 Å². The maximum absolute atomic E-state index is 12.4. The fourth-order valence-corrected chi connectivity index (χ4v) is 3.24. The van der Waals surface area contributed by atoms with E-state index in [4.69, 9.17) is 4.42 Å². The van der Waals surface area contributed by atoms with Gasteiger partial charge in [-0.15, -0.1) is 11.3 Å². The van der Waals surface area contributed by atoms with E-state index < -0.39 is 0 Å². The van der Waals surface area contributed by atoms with Crippen LogP contribution in [0.15, 0.2) is 83.1 Å². The average molecular weight is 346 g/mol. The van der Waals surface area contributed by atoms with Gasteiger partial charge in [0.2, 0.25) is 0 Å². The molecule has 2 heterocycles. The molecule has 0 aliphatic heterocycles. The summed E-state index contributed by atoms with van der Waals surface area (Å²) < 4.78 is 5.25. The number of rotatable bonds is 4. The molecule has 1 N–H and O–H groups in total. The summed E-state index contributed by atoms with van der Waals surface area (Å²) in [6.07, 6.45) is 3.05. The van der Waals surface area contributed by atoms with Crippen LogP contribution in [0.25, 0.3) is 21.8 Å². The van der Waals surface area contributed by atoms with Crippen LogP contribution in [0.5, 0.6) is 0 Å². The van der Waals surface area contributed by atoms with Gasteiger partial charge >= 0.3 is 0 Å². The van der Waals surface area contributed by atoms with Crippen LogP contribution < -0.4 is 5.32 Å². The summed E-state index contributed by atoms with van der Waals surface area (Å²) in [6.45, 7) is 0. The first-order chi connectivity index (χ1) is 12.3. The number of amides is 1. The Morgan fingerprint density at radius 3 is 2.36 bits per heavy atom. The van der Waals surface area contributed by atoms with Crippen LogP contribution >= 0.6 is 11.3 Å². The van der Waals surface area contributed by atoms with Gasteiger partial charge in [0.1, 0.15) is 0 Å². The number of carbonyl (C=O) groups excluding carboxylic acids is 1. The molecule has 0 spiro atoms. The maximum atomic E-state index is 12.4. The number of thiophene rings is 1. The van der Waals surface area contributed by atoms with E-state index in [-0.39, 0.29) is 5.91 Å². The van der Waals surface area contributed by atoms with Crippen LogP contribution in [-0.2, 0) is 0 Å². The van der Waals surface area contributed by atoms with Gasteiger partial charge in [0.25, 0.3) is 5.91 Å². The molecule has 0 aliphatic rings. The first kappa shape index (κ1) is 15.4. The minimum absolute atomic E-state index is 0.134. The van der Waals surface area contributed by atoms with Crippen molar-refractivity contribution in [3.63, 3.8) is 0 Å². The zero-order chi connectivity index (χ0) is 17.1. The summed E-state index contributed by atoms with van der Waals surface area (Å²) in [4.78, 5) is 17.5. The molecule has 4 aromatic rings. The zero-order valence-corrected chi connectivity index (χ0v) is 14.0. The predicted molar refractivity (Wildman–Crippen MR) is 99.6 cm³/mol. The third kappa shape index (κ3) is 3.36. The molecule has 0 unspecified atom stereocenters. The summed E-state index contributed by atoms with van der Waals surface area (Å²) >= 11 is 1.68. The van der Waals surface area contributed by atoms with E-state index in [0.717, 1.165) is 16.8 Å². The fraction of sp³-hybridized carbons (Fsp3) is 0. The molecule has 25 heavy (non-hydrogen) atoms. The highest BCUT2D eigenvalue weighted by atomic mass is 32.1. The molecule has 2 aromatic heterocycles. The van der Waals surface area contributed by atoms with Gasteiger partial charge in [0.15, 0.2) is 12.2 Å². The van der Waals surface area contributed by atoms with Gasteiger partial charge in [0, 0.05) is 21.7 Å². The van der Waals surface area contributed by atoms with Crippen molar-refractivity contribution >= 4 is 22.9 Å². The highest BCUT2D eigenvalue weighted by Crippen LogP contribution is 2.25. The Morgan fingerprint density at radius 1 is 0.960 bits per heavy atom. The molecule has 122 valence electrons. The monoisotopic (exact) mass is 346 g/mol. The van der Waals surface area contributed by atoms with Crippen molar-refractivity contribution in [3.05, 3.63) is 84.2 Å². The first-order valence-electron chi connectivity index (χ1n) is 7.74. The van der Waals surface area contributed by atoms with Gasteiger partial charge in [-0.1, -0.05) is 18.2 Å². The quantitative estimate of drug-likeness (QED) is 0.544. The van der Waals surface area contributed by atoms with Gasteiger partial charge < -0.3 is 9.73 Å². The largest absolute Gasteiger partial charge is 0.444 e. The molecule has 0 radical (unpaired) electrons. The molecule has 4 rings (SSSR count). The van der Waals surface area contributed by atoms with Crippen LogP contribution in [0, 0.1) is 0 Å². The topological polar surface area (TPSA) is 55.1 Å². The molecular weight excluding hydrogens is 332 g/mol. The number of hydrogen-bond acceptors (Lipinski definition) is 4. The van der Waals surface area contributed by atoms with Crippen molar-refractivity contribution in [1.82, 2.24) is 4.98 Å². The fourth-order valence-electron chi connectivity index (χ4n) is 2.51. The van der Waals surface area contributed by atoms with Crippen LogP contribution in [0.4, 0.5) is 5.69 Å². The van der Waals surface area contributed by atoms with E-state index in [9.17, 15) is 4.79 Å². The summed E-state index contributed by atoms with van der Waals surface area (Å²) in [5, 5.41) is 4.94. The van der Waals surface area contributed by atoms with Gasteiger partial charge in [0.05, 0.1) is 6.20 Å². The second-order valence-electron chi connectivity index (χ2n) is 5.45. The van der Waals surface area contributed by atoms with Crippen LogP contribution in [0.1, 0.15) is 10.4 Å². The second-order valence-corrected chi connectivity index (χ2v) is 6.40. The predicted octanol–water partition coefficient (Wildman–Crippen LogP) is 5.32. The smallest absolute Gasteiger partial charge is 0.255 e. The highest BCUT2D eigenvalue weighted by molar-refractivity contribution is 7.13. The number of benzene rings is 2. The number of anilines is 1. The Balaban J connectivity index is 1.46. The Labute approximate surface area is 148 Å². The van der Waals surface area contributed by atoms with E-state index in [1.54, 1.807) is 17.5 Å². The molecule has 0 fully saturated rings. The van der Waals surface area contributed by atoms with Gasteiger partial charge in [-0.2, -0.15) is 0 Å². The highest BCUT2D eigenvalue weighted by Gasteiger charge is 2.08. The summed E-state index contributed by atoms with van der Waals surface area (Å²) in [6, 6.07) is 19.2. The summed E-state index contributed by atoms with van der Waals surface area (Å²) in [5.74, 6) is 0.562. The molecule has 1 amide bonds. The van der Waals surface area contributed by atoms with Crippen LogP contribution in [-0.4, -0.2) is 10.9 Å². The Hall–Kier alpha value is -3.18. The molecular formula is C20H14N2O2S. The van der Waals surface area contributed by atoms with E-state index in [1.165, 1.54) is 11.3 Å². The molecule has 0 saturated heterocycles. The maximum Gasteiger partial charge on any atom is 0.255 e. The van der Waals surface area contributed by atoms with Crippen LogP contribution in [0.2, 0.25) is 0 Å². The number of oxazole rings is 1. The number of nitrogens with one attached hydrogen (secondary N) is 1. The first-order valence-corrected chi connectivity index (χ1v) is 8.62. The molecule has 0 aliphatic carbocycles. The van der Waals surface area contributed by atoms with E-state index in [1.807, 2.05) is 60.0 Å². The Bertz CT molecular complexity index is 958. The van der Waals surface area contributed by atoms with Gasteiger partial charge in [-0.25, -0.2) is 4.98 Å². The second kappa shape index (κ2) is 6.75. The molecule has 2 aromatic carbocycles. The van der Waals surface area contributed by atoms with E-state index in [2.05, 4.69) is 16.4 Å². The van der Waals surface area contributed by atoms with Crippen molar-refractivity contribution in [3.8, 4) is 21.8 Å². The minimum Gasteiger partial charge on any atom is -0.444 e. The lowest BCUT2D eigenvalue weighted by molar-refractivity contribution is 0.102. The molecule has 0 bridgehead atoms. The standard InChI is InChI=1S/C20H14N2O2S/c23-20(16-5-3-15(4-6-16)19-2-1-11-25-19)22-17-9-7-14(8-10-17)18-12-21-13-24-18/h1-13H,(H,22,23). The molecule has 0 atom stereocenters. The molecule has 0 saturated carbocycles. The van der Waals surface area contributed by atoms with Gasteiger partial charge in [-0.05, 0) is 53.4 Å². The van der Waals surface area contributed by atoms with Crippen molar-refractivity contribution in [2.45, 2.75) is 0 Å². The van der Waals surface area contributed by atoms with Gasteiger partial charge in [-0.3, -0.25) is 4.79 Å². The number of hydrogen-bond donors (Lipinski definition) is 1. The zero-order valence-electron chi connectivity index (χ0n) is 13.2. The van der Waals surface area contributed by atoms with E-state index in [0.29, 0.717) is 11.3 Å². The Morgan fingerprint density at radius 2 is 1.72 bits per heavy atom. The normalized spacial score (nSPS) is 10.6. The molecule has 5 heteroatoms. The lowest BCUT2D eigenvalue weighted by Crippen LogP contribution is -2.11. The number of nitrogens with zero attached hydrogens (tertiary/aromatic N) is 1. The average Bonchev–Trinajstić information content (AvgIpc) is 3.36. The number of aromatic nitrogens is 1. The third-order valence-corrected chi connectivity index (χ3v) is 4.73. The summed E-state index contributed by atoms with van der Waals surface area (Å²) in [7, 11) is 0. The lowest BCUT2D eigenvalue weighted by Gasteiger charge is -2.06. The third-order valence-electron chi connectivity index (χ3n) is 3.81. The minimum atomic E-state index is -0.134. The Kier molecular flexibility index (Phi) is 4.14. The lowest BCUT2D eigenvalue weighted by atomic mass is 10.1. The number of carbonyl (C=O) groups is 1. The van der Waals surface area contributed by atoms with Crippen LogP contribution in [0.3, 0.4) is 0 Å². The SMILES string of the molecule is O=C(Nc1ccc(-c2cnco2)cc1)c1ccc(-c2cccs2)cc1.